The third kappa shape index (κ3) is 3.91. The number of aromatic nitrogens is 1. The molecule has 2 aromatic rings. The van der Waals surface area contributed by atoms with Gasteiger partial charge in [0.2, 0.25) is 0 Å². The third-order valence-electron chi connectivity index (χ3n) is 2.90. The highest BCUT2D eigenvalue weighted by Gasteiger charge is 2.19. The van der Waals surface area contributed by atoms with Gasteiger partial charge in [-0.3, -0.25) is 4.79 Å². The molecule has 0 aliphatic rings. The first-order chi connectivity index (χ1) is 10.9. The highest BCUT2D eigenvalue weighted by atomic mass is 35.7. The second-order valence-corrected chi connectivity index (χ2v) is 6.83. The van der Waals surface area contributed by atoms with Gasteiger partial charge in [0.15, 0.2) is 5.03 Å². The number of carbonyl (C=O) groups excluding carboxylic acids is 1. The number of carbonyl (C=O) groups is 1. The number of benzene rings is 1. The van der Waals surface area contributed by atoms with Gasteiger partial charge in [-0.1, -0.05) is 6.07 Å². The minimum Gasteiger partial charge on any atom is -0.496 e. The number of nitrogens with zero attached hydrogens (tertiary/aromatic N) is 1. The van der Waals surface area contributed by atoms with Gasteiger partial charge in [-0.15, -0.1) is 0 Å². The van der Waals surface area contributed by atoms with Crippen LogP contribution in [0.4, 0.5) is 5.69 Å². The number of ether oxygens (including phenoxy) is 2. The summed E-state index contributed by atoms with van der Waals surface area (Å²) in [5.41, 5.74) is 0.513. The predicted octanol–water partition coefficient (Wildman–Crippen LogP) is 2.28. The van der Waals surface area contributed by atoms with Crippen LogP contribution in [-0.4, -0.2) is 33.5 Å². The van der Waals surface area contributed by atoms with Crippen LogP contribution in [0.3, 0.4) is 0 Å². The maximum atomic E-state index is 12.4. The molecule has 1 N–H and O–H groups in total. The van der Waals surface area contributed by atoms with E-state index in [4.69, 9.17) is 20.2 Å². The summed E-state index contributed by atoms with van der Waals surface area (Å²) in [5.74, 6) is 0.201. The maximum Gasteiger partial charge on any atom is 0.278 e. The predicted molar refractivity (Wildman–Crippen MR) is 84.8 cm³/mol. The molecule has 0 atom stereocenters. The summed E-state index contributed by atoms with van der Waals surface area (Å²) in [6.45, 7) is 0. The molecular formula is C14H13ClN2O5S. The Balaban J connectivity index is 2.29. The molecule has 0 fully saturated rings. The van der Waals surface area contributed by atoms with E-state index in [0.717, 1.165) is 0 Å². The first-order valence-corrected chi connectivity index (χ1v) is 8.61. The summed E-state index contributed by atoms with van der Waals surface area (Å²) in [6, 6.07) is 7.51. The molecule has 2 rings (SSSR count). The zero-order valence-corrected chi connectivity index (χ0v) is 13.8. The SMILES string of the molecule is COc1cccc(OC)c1C(=O)Nc1ccc(S(=O)(=O)Cl)nc1. The fourth-order valence-corrected chi connectivity index (χ4v) is 2.55. The van der Waals surface area contributed by atoms with Crippen molar-refractivity contribution in [2.75, 3.05) is 19.5 Å². The van der Waals surface area contributed by atoms with Crippen molar-refractivity contribution in [3.05, 3.63) is 42.1 Å². The standard InChI is InChI=1S/C14H13ClN2O5S/c1-21-10-4-3-5-11(22-2)13(10)14(18)17-9-6-7-12(16-8-9)23(15,19)20/h3-8H,1-2H3,(H,17,18). The Hall–Kier alpha value is -2.32. The van der Waals surface area contributed by atoms with Crippen LogP contribution >= 0.6 is 10.7 Å². The third-order valence-corrected chi connectivity index (χ3v) is 4.11. The summed E-state index contributed by atoms with van der Waals surface area (Å²) in [6.07, 6.45) is 1.19. The largest absolute Gasteiger partial charge is 0.496 e. The van der Waals surface area contributed by atoms with Crippen molar-refractivity contribution in [2.45, 2.75) is 5.03 Å². The van der Waals surface area contributed by atoms with Crippen molar-refractivity contribution in [1.29, 1.82) is 0 Å². The second-order valence-electron chi connectivity index (χ2n) is 4.31. The van der Waals surface area contributed by atoms with Gasteiger partial charge in [0.05, 0.1) is 26.1 Å². The lowest BCUT2D eigenvalue weighted by Gasteiger charge is -2.12. The van der Waals surface area contributed by atoms with Gasteiger partial charge >= 0.3 is 0 Å². The second kappa shape index (κ2) is 6.84. The molecule has 0 aliphatic carbocycles. The number of methoxy groups -OCH3 is 2. The smallest absolute Gasteiger partial charge is 0.278 e. The molecule has 122 valence electrons. The first kappa shape index (κ1) is 17.0. The summed E-state index contributed by atoms with van der Waals surface area (Å²) in [5, 5.41) is 2.29. The number of nitrogens with one attached hydrogen (secondary N) is 1. The van der Waals surface area contributed by atoms with Gasteiger partial charge in [-0.25, -0.2) is 13.4 Å². The fourth-order valence-electron chi connectivity index (χ4n) is 1.87. The average Bonchev–Trinajstić information content (AvgIpc) is 2.53. The van der Waals surface area contributed by atoms with Gasteiger partial charge in [-0.2, -0.15) is 0 Å². The molecule has 1 amide bonds. The topological polar surface area (TPSA) is 94.6 Å². The zero-order valence-electron chi connectivity index (χ0n) is 12.2. The normalized spacial score (nSPS) is 10.9. The molecular weight excluding hydrogens is 344 g/mol. The number of hydrogen-bond donors (Lipinski definition) is 1. The van der Waals surface area contributed by atoms with Crippen molar-refractivity contribution in [1.82, 2.24) is 4.98 Å². The minimum atomic E-state index is -3.91. The molecule has 0 saturated carbocycles. The number of rotatable bonds is 5. The van der Waals surface area contributed by atoms with Gasteiger partial charge in [0.1, 0.15) is 17.1 Å². The Morgan fingerprint density at radius 3 is 2.17 bits per heavy atom. The molecule has 1 heterocycles. The van der Waals surface area contributed by atoms with Crippen molar-refractivity contribution in [3.8, 4) is 11.5 Å². The van der Waals surface area contributed by atoms with Crippen molar-refractivity contribution < 1.29 is 22.7 Å². The maximum absolute atomic E-state index is 12.4. The molecule has 23 heavy (non-hydrogen) atoms. The molecule has 0 aliphatic heterocycles. The number of anilines is 1. The van der Waals surface area contributed by atoms with Gasteiger partial charge in [0, 0.05) is 10.7 Å². The van der Waals surface area contributed by atoms with E-state index >= 15 is 0 Å². The van der Waals surface area contributed by atoms with Crippen molar-refractivity contribution in [3.63, 3.8) is 0 Å². The zero-order chi connectivity index (χ0) is 17.0. The van der Waals surface area contributed by atoms with Crippen LogP contribution < -0.4 is 14.8 Å². The molecule has 7 nitrogen and oxygen atoms in total. The molecule has 0 radical (unpaired) electrons. The summed E-state index contributed by atoms with van der Waals surface area (Å²) >= 11 is 0. The van der Waals surface area contributed by atoms with Crippen LogP contribution in [0, 0.1) is 0 Å². The van der Waals surface area contributed by atoms with Crippen LogP contribution in [0.1, 0.15) is 10.4 Å². The highest BCUT2D eigenvalue weighted by molar-refractivity contribution is 8.13. The van der Waals surface area contributed by atoms with Crippen molar-refractivity contribution in [2.24, 2.45) is 0 Å². The fraction of sp³-hybridized carbons (Fsp3) is 0.143. The van der Waals surface area contributed by atoms with Gasteiger partial charge in [-0.05, 0) is 24.3 Å². The summed E-state index contributed by atoms with van der Waals surface area (Å²) in [4.78, 5) is 16.1. The van der Waals surface area contributed by atoms with Crippen LogP contribution in [0.15, 0.2) is 41.6 Å². The number of halogens is 1. The van der Waals surface area contributed by atoms with E-state index in [1.165, 1.54) is 32.5 Å². The van der Waals surface area contributed by atoms with E-state index < -0.39 is 15.0 Å². The van der Waals surface area contributed by atoms with Crippen LogP contribution in [0.2, 0.25) is 0 Å². The molecule has 0 bridgehead atoms. The molecule has 0 saturated heterocycles. The Kier molecular flexibility index (Phi) is 5.07. The van der Waals surface area contributed by atoms with E-state index in [9.17, 15) is 13.2 Å². The van der Waals surface area contributed by atoms with Crippen molar-refractivity contribution >= 4 is 31.3 Å². The van der Waals surface area contributed by atoms with E-state index in [2.05, 4.69) is 10.3 Å². The minimum absolute atomic E-state index is 0.214. The monoisotopic (exact) mass is 356 g/mol. The number of pyridine rings is 1. The molecule has 9 heteroatoms. The molecule has 0 spiro atoms. The van der Waals surface area contributed by atoms with Gasteiger partial charge in [0.25, 0.3) is 15.0 Å². The average molecular weight is 357 g/mol. The van der Waals surface area contributed by atoms with E-state index in [-0.39, 0.29) is 10.6 Å². The van der Waals surface area contributed by atoms with E-state index in [1.807, 2.05) is 0 Å². The number of amides is 1. The molecule has 1 aromatic heterocycles. The molecule has 0 unspecified atom stereocenters. The van der Waals surface area contributed by atoms with Crippen LogP contribution in [0.25, 0.3) is 0 Å². The van der Waals surface area contributed by atoms with Crippen LogP contribution in [-0.2, 0) is 9.05 Å². The van der Waals surface area contributed by atoms with E-state index in [1.54, 1.807) is 18.2 Å². The van der Waals surface area contributed by atoms with Gasteiger partial charge < -0.3 is 14.8 Å². The quantitative estimate of drug-likeness (QED) is 0.826. The summed E-state index contributed by atoms with van der Waals surface area (Å²) in [7, 11) is 4.14. The Labute approximate surface area is 137 Å². The Bertz CT molecular complexity index is 799. The lowest BCUT2D eigenvalue weighted by atomic mass is 10.1. The first-order valence-electron chi connectivity index (χ1n) is 6.30. The highest BCUT2D eigenvalue weighted by Crippen LogP contribution is 2.29. The Morgan fingerprint density at radius 1 is 1.13 bits per heavy atom. The Morgan fingerprint density at radius 2 is 1.74 bits per heavy atom. The van der Waals surface area contributed by atoms with Crippen LogP contribution in [0.5, 0.6) is 11.5 Å². The lowest BCUT2D eigenvalue weighted by molar-refractivity contribution is 0.102. The number of hydrogen-bond acceptors (Lipinski definition) is 6. The molecule has 1 aromatic carbocycles. The summed E-state index contributed by atoms with van der Waals surface area (Å²) < 4.78 is 32.6. The lowest BCUT2D eigenvalue weighted by Crippen LogP contribution is -2.15. The van der Waals surface area contributed by atoms with E-state index in [0.29, 0.717) is 17.2 Å².